The molecule has 21 heavy (non-hydrogen) atoms. The smallest absolute Gasteiger partial charge is 0.315 e. The van der Waals surface area contributed by atoms with Crippen LogP contribution in [0.3, 0.4) is 0 Å². The molecule has 2 N–H and O–H groups in total. The molecular weight excluding hydrogens is 284 g/mol. The van der Waals surface area contributed by atoms with E-state index in [1.807, 2.05) is 11.8 Å². The van der Waals surface area contributed by atoms with Gasteiger partial charge in [-0.2, -0.15) is 11.8 Å². The molecule has 2 fully saturated rings. The molecule has 2 amide bonds. The Morgan fingerprint density at radius 1 is 1.33 bits per heavy atom. The van der Waals surface area contributed by atoms with Crippen LogP contribution in [-0.2, 0) is 4.79 Å². The lowest BCUT2D eigenvalue weighted by molar-refractivity contribution is -0.117. The number of urea groups is 1. The number of thioether (sulfide) groups is 1. The molecule has 0 aromatic rings. The van der Waals surface area contributed by atoms with Gasteiger partial charge < -0.3 is 15.4 Å². The fourth-order valence-corrected chi connectivity index (χ4v) is 4.35. The third-order valence-corrected chi connectivity index (χ3v) is 5.81. The number of carbonyl (C=O) groups is 2. The molecule has 0 saturated carbocycles. The Hall–Kier alpha value is -0.710. The van der Waals surface area contributed by atoms with Gasteiger partial charge in [0.2, 0.25) is 0 Å². The van der Waals surface area contributed by atoms with Gasteiger partial charge in [0.25, 0.3) is 0 Å². The van der Waals surface area contributed by atoms with E-state index in [-0.39, 0.29) is 23.4 Å². The van der Waals surface area contributed by atoms with Crippen molar-refractivity contribution in [3.63, 3.8) is 0 Å². The summed E-state index contributed by atoms with van der Waals surface area (Å²) >= 11 is 1.93. The van der Waals surface area contributed by atoms with Crippen molar-refractivity contribution < 1.29 is 9.59 Å². The van der Waals surface area contributed by atoms with Crippen LogP contribution in [0.2, 0.25) is 0 Å². The number of ketones is 1. The molecule has 5 heteroatoms. The predicted molar refractivity (Wildman–Crippen MR) is 89.8 cm³/mol. The molecule has 0 unspecified atom stereocenters. The largest absolute Gasteiger partial charge is 0.332 e. The molecular formula is C16H30N2O2S. The molecule has 2 rings (SSSR count). The summed E-state index contributed by atoms with van der Waals surface area (Å²) < 4.78 is 0. The van der Waals surface area contributed by atoms with Crippen molar-refractivity contribution in [2.45, 2.75) is 83.1 Å². The Bertz CT molecular complexity index is 360. The third kappa shape index (κ3) is 5.53. The number of amides is 2. The first kappa shape index (κ1) is 18.3. The topological polar surface area (TPSA) is 58.2 Å². The second kappa shape index (κ2) is 8.66. The maximum atomic E-state index is 11.4. The number of hydrogen-bond donors (Lipinski definition) is 2. The van der Waals surface area contributed by atoms with Crippen molar-refractivity contribution in [2.75, 3.05) is 5.75 Å². The predicted octanol–water partition coefficient (Wildman–Crippen LogP) is 3.50. The van der Waals surface area contributed by atoms with E-state index in [4.69, 9.17) is 0 Å². The molecule has 0 bridgehead atoms. The van der Waals surface area contributed by atoms with Crippen molar-refractivity contribution in [2.24, 2.45) is 0 Å². The monoisotopic (exact) mass is 314 g/mol. The average molecular weight is 314 g/mol. The number of carbonyl (C=O) groups excluding carboxylic acids is 2. The van der Waals surface area contributed by atoms with E-state index in [0.717, 1.165) is 25.0 Å². The van der Waals surface area contributed by atoms with E-state index in [9.17, 15) is 9.59 Å². The van der Waals surface area contributed by atoms with Crippen molar-refractivity contribution in [1.29, 1.82) is 0 Å². The molecule has 0 radical (unpaired) electrons. The van der Waals surface area contributed by atoms with Crippen LogP contribution >= 0.6 is 11.8 Å². The Balaban J connectivity index is 0.000000491. The van der Waals surface area contributed by atoms with Gasteiger partial charge in [-0.05, 0) is 26.7 Å². The van der Waals surface area contributed by atoms with Crippen LogP contribution in [0.1, 0.15) is 66.2 Å². The molecule has 2 aliphatic heterocycles. The number of hydrogen-bond acceptors (Lipinski definition) is 3. The van der Waals surface area contributed by atoms with Gasteiger partial charge in [-0.3, -0.25) is 0 Å². The molecule has 2 aliphatic rings. The first-order valence-electron chi connectivity index (χ1n) is 8.12. The zero-order valence-corrected chi connectivity index (χ0v) is 14.6. The standard InChI is InChI=1S/C12H20N2O2S.C4H10/c1-8(15)5-3-4-6-9-10-12(2,7-17-9)14-11(16)13-10;1-3-4-2/h9-10H,3-7H2,1-2H3,(H2,13,14,16);3-4H2,1-2H3/t9-,10+,12-;/m0./s1. The van der Waals surface area contributed by atoms with Crippen molar-refractivity contribution in [3.8, 4) is 0 Å². The second-order valence-electron chi connectivity index (χ2n) is 6.29. The van der Waals surface area contributed by atoms with Gasteiger partial charge in [0.15, 0.2) is 0 Å². The Morgan fingerprint density at radius 3 is 2.57 bits per heavy atom. The van der Waals surface area contributed by atoms with E-state index >= 15 is 0 Å². The van der Waals surface area contributed by atoms with Crippen LogP contribution < -0.4 is 10.6 Å². The highest BCUT2D eigenvalue weighted by Gasteiger charge is 2.51. The molecule has 122 valence electrons. The second-order valence-corrected chi connectivity index (χ2v) is 7.52. The van der Waals surface area contributed by atoms with E-state index in [2.05, 4.69) is 31.4 Å². The Labute approximate surface area is 133 Å². The fraction of sp³-hybridized carbons (Fsp3) is 0.875. The van der Waals surface area contributed by atoms with Crippen molar-refractivity contribution >= 4 is 23.6 Å². The summed E-state index contributed by atoms with van der Waals surface area (Å²) in [5.41, 5.74) is -0.0764. The summed E-state index contributed by atoms with van der Waals surface area (Å²) in [7, 11) is 0. The average Bonchev–Trinajstić information content (AvgIpc) is 2.88. The maximum Gasteiger partial charge on any atom is 0.315 e. The number of nitrogens with one attached hydrogen (secondary N) is 2. The van der Waals surface area contributed by atoms with E-state index in [1.54, 1.807) is 6.92 Å². The summed E-state index contributed by atoms with van der Waals surface area (Å²) in [4.78, 5) is 22.2. The molecule has 0 aromatic heterocycles. The summed E-state index contributed by atoms with van der Waals surface area (Å²) in [6.07, 6.45) is 6.45. The maximum absolute atomic E-state index is 11.4. The van der Waals surface area contributed by atoms with Gasteiger partial charge in [0.1, 0.15) is 5.78 Å². The van der Waals surface area contributed by atoms with Crippen LogP contribution in [0.5, 0.6) is 0 Å². The van der Waals surface area contributed by atoms with E-state index in [0.29, 0.717) is 11.7 Å². The van der Waals surface area contributed by atoms with E-state index < -0.39 is 0 Å². The minimum absolute atomic E-state index is 0.0356. The van der Waals surface area contributed by atoms with Gasteiger partial charge in [-0.1, -0.05) is 33.1 Å². The summed E-state index contributed by atoms with van der Waals surface area (Å²) in [5.74, 6) is 1.25. The fourth-order valence-electron chi connectivity index (χ4n) is 2.65. The third-order valence-electron chi connectivity index (χ3n) is 4.11. The van der Waals surface area contributed by atoms with Crippen LogP contribution in [-0.4, -0.2) is 34.4 Å². The molecule has 0 spiro atoms. The van der Waals surface area contributed by atoms with Crippen molar-refractivity contribution in [3.05, 3.63) is 0 Å². The Kier molecular flexibility index (Phi) is 7.57. The van der Waals surface area contributed by atoms with Gasteiger partial charge in [-0.25, -0.2) is 4.79 Å². The van der Waals surface area contributed by atoms with E-state index in [1.165, 1.54) is 12.8 Å². The number of rotatable bonds is 6. The van der Waals surface area contributed by atoms with Gasteiger partial charge >= 0.3 is 6.03 Å². The van der Waals surface area contributed by atoms with Crippen LogP contribution in [0, 0.1) is 0 Å². The zero-order valence-electron chi connectivity index (χ0n) is 13.8. The number of Topliss-reactive ketones (excluding diaryl/α,β-unsaturated/α-hetero) is 1. The highest BCUT2D eigenvalue weighted by atomic mass is 32.2. The highest BCUT2D eigenvalue weighted by Crippen LogP contribution is 2.39. The van der Waals surface area contributed by atoms with Crippen LogP contribution in [0.4, 0.5) is 4.79 Å². The molecule has 3 atom stereocenters. The molecule has 0 aliphatic carbocycles. The van der Waals surface area contributed by atoms with Crippen molar-refractivity contribution in [1.82, 2.24) is 10.6 Å². The summed E-state index contributed by atoms with van der Waals surface area (Å²) in [6.45, 7) is 8.11. The first-order valence-corrected chi connectivity index (χ1v) is 9.17. The lowest BCUT2D eigenvalue weighted by atomic mass is 9.92. The molecule has 2 heterocycles. The summed E-state index contributed by atoms with van der Waals surface area (Å²) in [5, 5.41) is 6.52. The Morgan fingerprint density at radius 2 is 2.00 bits per heavy atom. The first-order chi connectivity index (χ1) is 9.92. The normalized spacial score (nSPS) is 30.0. The number of fused-ring (bicyclic) bond motifs is 1. The highest BCUT2D eigenvalue weighted by molar-refractivity contribution is 8.00. The quantitative estimate of drug-likeness (QED) is 0.583. The molecule has 0 aromatic carbocycles. The molecule has 4 nitrogen and oxygen atoms in total. The minimum Gasteiger partial charge on any atom is -0.332 e. The number of unbranched alkanes of at least 4 members (excludes halogenated alkanes) is 2. The lowest BCUT2D eigenvalue weighted by Crippen LogP contribution is -2.47. The SMILES string of the molecule is CC(=O)CCCC[C@@H]1SC[C@]2(C)NC(=O)N[C@H]12.CCCC. The van der Waals surface area contributed by atoms with Crippen LogP contribution in [0.15, 0.2) is 0 Å². The molecule has 2 saturated heterocycles. The lowest BCUT2D eigenvalue weighted by Gasteiger charge is -2.23. The summed E-state index contributed by atoms with van der Waals surface area (Å²) in [6, 6.07) is 0.212. The van der Waals surface area contributed by atoms with Crippen LogP contribution in [0.25, 0.3) is 0 Å². The van der Waals surface area contributed by atoms with Gasteiger partial charge in [0, 0.05) is 17.4 Å². The zero-order chi connectivity index (χ0) is 15.9. The van der Waals surface area contributed by atoms with Gasteiger partial charge in [0.05, 0.1) is 11.6 Å². The minimum atomic E-state index is -0.0764. The van der Waals surface area contributed by atoms with Gasteiger partial charge in [-0.15, -0.1) is 0 Å².